The number of hydrogen-bond donors (Lipinski definition) is 2. The van der Waals surface area contributed by atoms with Crippen molar-refractivity contribution in [3.8, 4) is 5.75 Å². The molecule has 0 fully saturated rings. The van der Waals surface area contributed by atoms with E-state index in [2.05, 4.69) is 4.74 Å². The van der Waals surface area contributed by atoms with E-state index in [1.807, 2.05) is 0 Å². The molecule has 8 heteroatoms. The van der Waals surface area contributed by atoms with Crippen LogP contribution in [0.5, 0.6) is 5.75 Å². The highest BCUT2D eigenvalue weighted by Crippen LogP contribution is 2.27. The number of rotatable bonds is 5. The Morgan fingerprint density at radius 1 is 1.26 bits per heavy atom. The third-order valence-electron chi connectivity index (χ3n) is 2.17. The molecule has 5 nitrogen and oxygen atoms in total. The van der Waals surface area contributed by atoms with Crippen molar-refractivity contribution in [1.29, 1.82) is 0 Å². The first-order valence-corrected chi connectivity index (χ1v) is 4.99. The number of halogens is 3. The molecule has 1 aromatic carbocycles. The first kappa shape index (κ1) is 14.8. The van der Waals surface area contributed by atoms with Crippen LogP contribution in [0.25, 0.3) is 0 Å². The summed E-state index contributed by atoms with van der Waals surface area (Å²) in [6.45, 7) is 0. The van der Waals surface area contributed by atoms with Crippen LogP contribution in [0.3, 0.4) is 0 Å². The second-order valence-electron chi connectivity index (χ2n) is 3.61. The Kier molecular flexibility index (Phi) is 4.36. The van der Waals surface area contributed by atoms with Crippen LogP contribution >= 0.6 is 0 Å². The van der Waals surface area contributed by atoms with Crippen LogP contribution in [0.1, 0.15) is 17.9 Å². The average molecular weight is 278 g/mol. The van der Waals surface area contributed by atoms with Crippen LogP contribution in [-0.4, -0.2) is 28.5 Å². The number of alkyl halides is 3. The molecule has 0 aliphatic carbocycles. The lowest BCUT2D eigenvalue weighted by atomic mass is 9.96. The van der Waals surface area contributed by atoms with Crippen molar-refractivity contribution in [1.82, 2.24) is 0 Å². The summed E-state index contributed by atoms with van der Waals surface area (Å²) in [4.78, 5) is 21.4. The van der Waals surface area contributed by atoms with E-state index >= 15 is 0 Å². The number of aliphatic carboxylic acids is 2. The predicted molar refractivity (Wildman–Crippen MR) is 55.8 cm³/mol. The van der Waals surface area contributed by atoms with Crippen molar-refractivity contribution < 1.29 is 37.7 Å². The normalized spacial score (nSPS) is 12.8. The van der Waals surface area contributed by atoms with E-state index in [4.69, 9.17) is 10.2 Å². The molecule has 1 atom stereocenters. The maximum atomic E-state index is 12.0. The highest BCUT2D eigenvalue weighted by Gasteiger charge is 2.31. The minimum Gasteiger partial charge on any atom is -0.481 e. The summed E-state index contributed by atoms with van der Waals surface area (Å²) in [7, 11) is 0. The quantitative estimate of drug-likeness (QED) is 0.862. The van der Waals surface area contributed by atoms with Gasteiger partial charge in [-0.1, -0.05) is 12.1 Å². The zero-order chi connectivity index (χ0) is 14.6. The molecular weight excluding hydrogens is 269 g/mol. The summed E-state index contributed by atoms with van der Waals surface area (Å²) in [5.74, 6) is -4.84. The van der Waals surface area contributed by atoms with Gasteiger partial charge >= 0.3 is 18.3 Å². The van der Waals surface area contributed by atoms with Crippen LogP contribution in [0.15, 0.2) is 24.3 Å². The summed E-state index contributed by atoms with van der Waals surface area (Å²) in [6, 6.07) is 4.24. The van der Waals surface area contributed by atoms with E-state index in [0.717, 1.165) is 18.2 Å². The van der Waals surface area contributed by atoms with Crippen LogP contribution < -0.4 is 4.74 Å². The molecule has 0 aliphatic heterocycles. The van der Waals surface area contributed by atoms with Gasteiger partial charge in [-0.05, 0) is 17.7 Å². The summed E-state index contributed by atoms with van der Waals surface area (Å²) in [5.41, 5.74) is -0.0725. The zero-order valence-electron chi connectivity index (χ0n) is 9.35. The lowest BCUT2D eigenvalue weighted by Crippen LogP contribution is -2.18. The smallest absolute Gasteiger partial charge is 0.481 e. The highest BCUT2D eigenvalue weighted by atomic mass is 19.4. The first-order chi connectivity index (χ1) is 8.69. The maximum absolute atomic E-state index is 12.0. The van der Waals surface area contributed by atoms with E-state index in [9.17, 15) is 22.8 Å². The van der Waals surface area contributed by atoms with Gasteiger partial charge in [0.25, 0.3) is 0 Å². The van der Waals surface area contributed by atoms with E-state index in [0.29, 0.717) is 0 Å². The van der Waals surface area contributed by atoms with Gasteiger partial charge < -0.3 is 14.9 Å². The minimum atomic E-state index is -4.90. The number of carbonyl (C=O) groups is 2. The summed E-state index contributed by atoms with van der Waals surface area (Å²) in [5, 5.41) is 17.4. The Labute approximate surface area is 105 Å². The number of hydrogen-bond acceptors (Lipinski definition) is 3. The third-order valence-corrected chi connectivity index (χ3v) is 2.17. The van der Waals surface area contributed by atoms with Gasteiger partial charge in [-0.15, -0.1) is 13.2 Å². The van der Waals surface area contributed by atoms with Crippen LogP contribution in [0, 0.1) is 0 Å². The largest absolute Gasteiger partial charge is 0.573 e. The molecule has 0 aromatic heterocycles. The molecule has 0 saturated carbocycles. The highest BCUT2D eigenvalue weighted by molar-refractivity contribution is 5.82. The molecule has 0 amide bonds. The monoisotopic (exact) mass is 278 g/mol. The molecule has 2 N–H and O–H groups in total. The van der Waals surface area contributed by atoms with Gasteiger partial charge in [0.1, 0.15) is 5.75 Å². The van der Waals surface area contributed by atoms with E-state index in [1.165, 1.54) is 6.07 Å². The Morgan fingerprint density at radius 3 is 2.37 bits per heavy atom. The zero-order valence-corrected chi connectivity index (χ0v) is 9.35. The molecule has 1 unspecified atom stereocenters. The fraction of sp³-hybridized carbons (Fsp3) is 0.273. The van der Waals surface area contributed by atoms with Crippen molar-refractivity contribution in [2.75, 3.05) is 0 Å². The predicted octanol–water partition coefficient (Wildman–Crippen LogP) is 2.23. The minimum absolute atomic E-state index is 0.0725. The average Bonchev–Trinajstić information content (AvgIpc) is 2.23. The van der Waals surface area contributed by atoms with Gasteiger partial charge in [0.15, 0.2) is 0 Å². The Morgan fingerprint density at radius 2 is 1.89 bits per heavy atom. The number of carboxylic acid groups (broad SMARTS) is 2. The molecule has 1 rings (SSSR count). The van der Waals surface area contributed by atoms with Gasteiger partial charge in [-0.3, -0.25) is 9.59 Å². The summed E-state index contributed by atoms with van der Waals surface area (Å²) >= 11 is 0. The standard InChI is InChI=1S/C11H9F3O5/c12-11(13,14)19-7-3-1-2-6(4-7)8(10(17)18)5-9(15)16/h1-4,8H,5H2,(H,15,16)(H,17,18). The van der Waals surface area contributed by atoms with Crippen LogP contribution in [-0.2, 0) is 9.59 Å². The van der Waals surface area contributed by atoms with Gasteiger partial charge in [-0.25, -0.2) is 0 Å². The number of benzene rings is 1. The molecule has 0 aliphatic rings. The van der Waals surface area contributed by atoms with Gasteiger partial charge in [0.05, 0.1) is 12.3 Å². The maximum Gasteiger partial charge on any atom is 0.573 e. The van der Waals surface area contributed by atoms with Gasteiger partial charge in [-0.2, -0.15) is 0 Å². The van der Waals surface area contributed by atoms with E-state index in [1.54, 1.807) is 0 Å². The molecular formula is C11H9F3O5. The topological polar surface area (TPSA) is 83.8 Å². The second-order valence-corrected chi connectivity index (χ2v) is 3.61. The molecule has 1 aromatic rings. The summed E-state index contributed by atoms with van der Waals surface area (Å²) in [6.07, 6.45) is -5.63. The van der Waals surface area contributed by atoms with Crippen molar-refractivity contribution >= 4 is 11.9 Å². The number of ether oxygens (including phenoxy) is 1. The van der Waals surface area contributed by atoms with Crippen molar-refractivity contribution in [2.24, 2.45) is 0 Å². The molecule has 0 saturated heterocycles. The van der Waals surface area contributed by atoms with Gasteiger partial charge in [0.2, 0.25) is 0 Å². The first-order valence-electron chi connectivity index (χ1n) is 4.99. The fourth-order valence-electron chi connectivity index (χ4n) is 1.45. The summed E-state index contributed by atoms with van der Waals surface area (Å²) < 4.78 is 39.7. The van der Waals surface area contributed by atoms with Crippen molar-refractivity contribution in [2.45, 2.75) is 18.7 Å². The van der Waals surface area contributed by atoms with Crippen LogP contribution in [0.4, 0.5) is 13.2 Å². The lowest BCUT2D eigenvalue weighted by molar-refractivity contribution is -0.274. The molecule has 0 spiro atoms. The molecule has 0 heterocycles. The SMILES string of the molecule is O=C(O)CC(C(=O)O)c1cccc(OC(F)(F)F)c1. The van der Waals surface area contributed by atoms with Crippen molar-refractivity contribution in [3.05, 3.63) is 29.8 Å². The Hall–Kier alpha value is -2.25. The Bertz CT molecular complexity index is 483. The third kappa shape index (κ3) is 4.86. The molecule has 104 valence electrons. The molecule has 0 radical (unpaired) electrons. The van der Waals surface area contributed by atoms with Crippen molar-refractivity contribution in [3.63, 3.8) is 0 Å². The van der Waals surface area contributed by atoms with E-state index in [-0.39, 0.29) is 5.56 Å². The lowest BCUT2D eigenvalue weighted by Gasteiger charge is -2.13. The Balaban J connectivity index is 3.01. The van der Waals surface area contributed by atoms with E-state index < -0.39 is 36.4 Å². The molecule has 0 bridgehead atoms. The second kappa shape index (κ2) is 5.59. The number of carboxylic acids is 2. The van der Waals surface area contributed by atoms with Crippen LogP contribution in [0.2, 0.25) is 0 Å². The fourth-order valence-corrected chi connectivity index (χ4v) is 1.45. The molecule has 19 heavy (non-hydrogen) atoms. The van der Waals surface area contributed by atoms with Gasteiger partial charge in [0, 0.05) is 0 Å².